The Kier molecular flexibility index (Phi) is 2.69. The molecule has 0 saturated carbocycles. The van der Waals surface area contributed by atoms with Crippen LogP contribution in [0.2, 0.25) is 0 Å². The second-order valence-corrected chi connectivity index (χ2v) is 4.47. The summed E-state index contributed by atoms with van der Waals surface area (Å²) in [6.07, 6.45) is 0. The summed E-state index contributed by atoms with van der Waals surface area (Å²) in [5.41, 5.74) is 0.886. The Morgan fingerprint density at radius 3 is 2.56 bits per heavy atom. The van der Waals surface area contributed by atoms with Crippen LogP contribution in [0.5, 0.6) is 5.75 Å². The van der Waals surface area contributed by atoms with Gasteiger partial charge in [-0.25, -0.2) is 0 Å². The predicted molar refractivity (Wildman–Crippen MR) is 62.2 cm³/mol. The van der Waals surface area contributed by atoms with Crippen molar-refractivity contribution in [3.63, 3.8) is 0 Å². The van der Waals surface area contributed by atoms with Gasteiger partial charge in [0.25, 0.3) is 5.00 Å². The third kappa shape index (κ3) is 1.81. The van der Waals surface area contributed by atoms with E-state index >= 15 is 0 Å². The number of phenolic OH excluding ortho intramolecular Hbond substituents is 1. The van der Waals surface area contributed by atoms with Gasteiger partial charge in [0.1, 0.15) is 0 Å². The first kappa shape index (κ1) is 11.1. The van der Waals surface area contributed by atoms with Gasteiger partial charge in [-0.3, -0.25) is 0 Å². The molecule has 0 radical (unpaired) electrons. The van der Waals surface area contributed by atoms with Gasteiger partial charge in [-0.2, -0.15) is 10.4 Å². The fourth-order valence-electron chi connectivity index (χ4n) is 1.45. The summed E-state index contributed by atoms with van der Waals surface area (Å²) in [5, 5.41) is 31.7. The molecule has 5 heteroatoms. The normalized spacial score (nSPS) is 11.7. The Bertz CT molecular complexity index is 494. The second kappa shape index (κ2) is 3.88. The molecule has 1 aromatic heterocycles. The van der Waals surface area contributed by atoms with E-state index in [9.17, 15) is 15.5 Å². The van der Waals surface area contributed by atoms with Crippen LogP contribution >= 0.6 is 11.3 Å². The Hall–Kier alpha value is -1.40. The van der Waals surface area contributed by atoms with Gasteiger partial charge < -0.3 is 5.11 Å². The quantitative estimate of drug-likeness (QED) is 0.556. The van der Waals surface area contributed by atoms with Crippen LogP contribution in [0.1, 0.15) is 5.56 Å². The molecule has 0 aliphatic heterocycles. The molecule has 1 heterocycles. The Balaban J connectivity index is 2.55. The number of aryl methyl sites for hydroxylation is 1. The highest BCUT2D eigenvalue weighted by atomic mass is 32.1. The molecule has 0 aliphatic carbocycles. The van der Waals surface area contributed by atoms with Gasteiger partial charge in [0.15, 0.2) is 5.75 Å². The zero-order chi connectivity index (χ0) is 11.8. The maximum atomic E-state index is 9.99. The van der Waals surface area contributed by atoms with Crippen LogP contribution in [0.4, 0.5) is 10.7 Å². The molecular formula is C11H12NO3S+. The highest BCUT2D eigenvalue weighted by Gasteiger charge is 2.35. The molecule has 0 spiro atoms. The minimum atomic E-state index is -1.43. The molecule has 0 bridgehead atoms. The predicted octanol–water partition coefficient (Wildman–Crippen LogP) is 3.18. The first-order valence-electron chi connectivity index (χ1n) is 4.70. The number of hydrogen-bond donors (Lipinski definition) is 3. The summed E-state index contributed by atoms with van der Waals surface area (Å²) < 4.78 is 0. The van der Waals surface area contributed by atoms with E-state index in [0.717, 1.165) is 5.56 Å². The number of nitrogens with zero attached hydrogens (tertiary/aromatic N) is 1. The molecule has 3 N–H and O–H groups in total. The van der Waals surface area contributed by atoms with E-state index in [4.69, 9.17) is 0 Å². The molecule has 84 valence electrons. The number of aromatic hydroxyl groups is 1. The Labute approximate surface area is 96.8 Å². The molecule has 2 rings (SSSR count). The molecule has 0 fully saturated rings. The minimum Gasteiger partial charge on any atom is -0.503 e. The van der Waals surface area contributed by atoms with E-state index < -0.39 is 4.81 Å². The summed E-state index contributed by atoms with van der Waals surface area (Å²) in [5.74, 6) is -0.149. The molecule has 0 unspecified atom stereocenters. The highest BCUT2D eigenvalue weighted by molar-refractivity contribution is 7.13. The lowest BCUT2D eigenvalue weighted by molar-refractivity contribution is -0.243. The lowest BCUT2D eigenvalue weighted by Gasteiger charge is -2.19. The van der Waals surface area contributed by atoms with E-state index in [-0.39, 0.29) is 11.4 Å². The molecule has 0 amide bonds. The van der Waals surface area contributed by atoms with E-state index in [0.29, 0.717) is 5.00 Å². The van der Waals surface area contributed by atoms with Crippen molar-refractivity contribution in [2.24, 2.45) is 0 Å². The van der Waals surface area contributed by atoms with Crippen molar-refractivity contribution in [1.82, 2.24) is 4.81 Å². The smallest absolute Gasteiger partial charge is 0.260 e. The van der Waals surface area contributed by atoms with Crippen LogP contribution in [-0.4, -0.2) is 15.5 Å². The molecule has 4 nitrogen and oxygen atoms in total. The fraction of sp³-hybridized carbons (Fsp3) is 0.0909. The van der Waals surface area contributed by atoms with Crippen molar-refractivity contribution >= 4 is 22.0 Å². The number of phenols is 1. The molecule has 0 saturated heterocycles. The topological polar surface area (TPSA) is 60.7 Å². The van der Waals surface area contributed by atoms with Crippen molar-refractivity contribution in [1.29, 1.82) is 0 Å². The molecule has 16 heavy (non-hydrogen) atoms. The van der Waals surface area contributed by atoms with Crippen molar-refractivity contribution < 1.29 is 15.5 Å². The standard InChI is InChI=1S/C11H11NO3S/c1-8-4-5-10(13)9(7-8)12(14,15)11-3-2-6-16-11/h2-7,14-15H,1H3/p+1. The second-order valence-electron chi connectivity index (χ2n) is 3.54. The average Bonchev–Trinajstić information content (AvgIpc) is 2.75. The van der Waals surface area contributed by atoms with Crippen LogP contribution in [0.3, 0.4) is 0 Å². The van der Waals surface area contributed by atoms with Gasteiger partial charge in [0.2, 0.25) is 5.69 Å². The first-order valence-corrected chi connectivity index (χ1v) is 5.58. The summed E-state index contributed by atoms with van der Waals surface area (Å²) in [4.78, 5) is -1.43. The Morgan fingerprint density at radius 2 is 1.94 bits per heavy atom. The van der Waals surface area contributed by atoms with Gasteiger partial charge in [-0.15, -0.1) is 0 Å². The number of benzene rings is 1. The van der Waals surface area contributed by atoms with Gasteiger partial charge in [0.05, 0.1) is 0 Å². The van der Waals surface area contributed by atoms with E-state index in [1.807, 2.05) is 6.92 Å². The Morgan fingerprint density at radius 1 is 1.19 bits per heavy atom. The van der Waals surface area contributed by atoms with Crippen LogP contribution in [0, 0.1) is 6.92 Å². The summed E-state index contributed by atoms with van der Waals surface area (Å²) in [7, 11) is 0. The largest absolute Gasteiger partial charge is 0.503 e. The van der Waals surface area contributed by atoms with Gasteiger partial charge in [0, 0.05) is 16.9 Å². The number of hydrogen-bond acceptors (Lipinski definition) is 4. The van der Waals surface area contributed by atoms with Crippen molar-refractivity contribution in [3.05, 3.63) is 41.3 Å². The highest BCUT2D eigenvalue weighted by Crippen LogP contribution is 2.39. The van der Waals surface area contributed by atoms with E-state index in [2.05, 4.69) is 0 Å². The third-order valence-electron chi connectivity index (χ3n) is 2.28. The molecule has 1 aromatic carbocycles. The summed E-state index contributed by atoms with van der Waals surface area (Å²) in [6, 6.07) is 7.98. The number of quaternary nitrogens is 1. The van der Waals surface area contributed by atoms with Crippen LogP contribution in [-0.2, 0) is 0 Å². The SMILES string of the molecule is Cc1ccc(O)c([N+](O)(O)c2cccs2)c1. The average molecular weight is 238 g/mol. The third-order valence-corrected chi connectivity index (χ3v) is 3.21. The summed E-state index contributed by atoms with van der Waals surface area (Å²) in [6.45, 7) is 1.82. The maximum absolute atomic E-state index is 9.99. The lowest BCUT2D eigenvalue weighted by Crippen LogP contribution is -2.35. The molecule has 0 aliphatic rings. The molecule has 2 aromatic rings. The van der Waals surface area contributed by atoms with Gasteiger partial charge in [-0.05, 0) is 30.0 Å². The number of thiophene rings is 1. The van der Waals surface area contributed by atoms with E-state index in [1.165, 1.54) is 23.5 Å². The lowest BCUT2D eigenvalue weighted by atomic mass is 10.2. The monoisotopic (exact) mass is 238 g/mol. The minimum absolute atomic E-state index is 0.0439. The van der Waals surface area contributed by atoms with Gasteiger partial charge in [-0.1, -0.05) is 17.4 Å². The van der Waals surface area contributed by atoms with Crippen LogP contribution < -0.4 is 4.81 Å². The van der Waals surface area contributed by atoms with Crippen LogP contribution in [0.25, 0.3) is 0 Å². The van der Waals surface area contributed by atoms with Gasteiger partial charge >= 0.3 is 0 Å². The first-order chi connectivity index (χ1) is 7.51. The van der Waals surface area contributed by atoms with Crippen molar-refractivity contribution in [2.75, 3.05) is 0 Å². The summed E-state index contributed by atoms with van der Waals surface area (Å²) >= 11 is 1.20. The zero-order valence-corrected chi connectivity index (χ0v) is 9.48. The van der Waals surface area contributed by atoms with Crippen molar-refractivity contribution in [2.45, 2.75) is 6.92 Å². The van der Waals surface area contributed by atoms with Crippen LogP contribution in [0.15, 0.2) is 35.7 Å². The van der Waals surface area contributed by atoms with E-state index in [1.54, 1.807) is 23.6 Å². The molecular weight excluding hydrogens is 226 g/mol. The maximum Gasteiger partial charge on any atom is 0.260 e. The number of rotatable bonds is 2. The zero-order valence-electron chi connectivity index (χ0n) is 8.66. The molecule has 0 atom stereocenters. The van der Waals surface area contributed by atoms with Crippen molar-refractivity contribution in [3.8, 4) is 5.75 Å². The fourth-order valence-corrected chi connectivity index (χ4v) is 2.15.